The van der Waals surface area contributed by atoms with Crippen molar-refractivity contribution in [3.8, 4) is 5.88 Å². The molecule has 1 amide bonds. The summed E-state index contributed by atoms with van der Waals surface area (Å²) in [6, 6.07) is 1.44. The highest BCUT2D eigenvalue weighted by Crippen LogP contribution is 2.34. The van der Waals surface area contributed by atoms with Crippen LogP contribution in [0, 0.1) is 5.82 Å². The molecule has 6 heteroatoms. The molecule has 1 fully saturated rings. The van der Waals surface area contributed by atoms with Crippen LogP contribution in [0.3, 0.4) is 0 Å². The van der Waals surface area contributed by atoms with Crippen molar-refractivity contribution in [3.63, 3.8) is 0 Å². The topological polar surface area (TPSA) is 45.7 Å². The number of piperidine rings is 1. The summed E-state index contributed by atoms with van der Waals surface area (Å²) in [5, 5.41) is 0. The van der Waals surface area contributed by atoms with E-state index in [9.17, 15) is 9.18 Å². The summed E-state index contributed by atoms with van der Waals surface area (Å²) in [4.78, 5) is 19.9. The first-order valence-electron chi connectivity index (χ1n) is 6.44. The largest absolute Gasteiger partial charge is 0.466 e. The van der Waals surface area contributed by atoms with Crippen molar-refractivity contribution >= 4 is 11.6 Å². The predicted molar refractivity (Wildman–Crippen MR) is 67.7 cm³/mol. The lowest BCUT2D eigenvalue weighted by molar-refractivity contribution is -0.122. The number of aromatic nitrogens is 1. The SMILES string of the molecule is CN1CCC(N2C(=O)COc3ncc(F)cc32)CC1. The van der Waals surface area contributed by atoms with Gasteiger partial charge in [0.15, 0.2) is 6.61 Å². The fourth-order valence-electron chi connectivity index (χ4n) is 2.69. The molecule has 2 aliphatic heterocycles. The van der Waals surface area contributed by atoms with Gasteiger partial charge in [-0.3, -0.25) is 4.79 Å². The molecule has 0 aromatic carbocycles. The van der Waals surface area contributed by atoms with Crippen molar-refractivity contribution in [2.75, 3.05) is 31.6 Å². The van der Waals surface area contributed by atoms with Crippen LogP contribution in [0.4, 0.5) is 10.1 Å². The maximum absolute atomic E-state index is 13.4. The molecule has 102 valence electrons. The van der Waals surface area contributed by atoms with Crippen LogP contribution >= 0.6 is 0 Å². The lowest BCUT2D eigenvalue weighted by Crippen LogP contribution is -2.50. The van der Waals surface area contributed by atoms with Crippen LogP contribution in [-0.4, -0.2) is 48.6 Å². The van der Waals surface area contributed by atoms with Gasteiger partial charge in [0.25, 0.3) is 5.91 Å². The number of fused-ring (bicyclic) bond motifs is 1. The number of pyridine rings is 1. The zero-order valence-electron chi connectivity index (χ0n) is 10.8. The molecule has 3 rings (SSSR count). The first kappa shape index (κ1) is 12.3. The van der Waals surface area contributed by atoms with Crippen molar-refractivity contribution in [1.29, 1.82) is 0 Å². The molecule has 0 atom stereocenters. The van der Waals surface area contributed by atoms with Gasteiger partial charge in [-0.25, -0.2) is 9.37 Å². The number of likely N-dealkylation sites (tertiary alicyclic amines) is 1. The second kappa shape index (κ2) is 4.77. The Morgan fingerprint density at radius 2 is 2.16 bits per heavy atom. The third-order valence-corrected chi connectivity index (χ3v) is 3.71. The number of anilines is 1. The Balaban J connectivity index is 1.92. The van der Waals surface area contributed by atoms with Gasteiger partial charge in [0.05, 0.1) is 6.20 Å². The minimum absolute atomic E-state index is 0.0159. The molecule has 1 aromatic rings. The number of amides is 1. The minimum Gasteiger partial charge on any atom is -0.466 e. The molecule has 0 spiro atoms. The average Bonchev–Trinajstić information content (AvgIpc) is 2.40. The molecule has 1 saturated heterocycles. The second-order valence-corrected chi connectivity index (χ2v) is 5.06. The molecule has 2 aliphatic rings. The van der Waals surface area contributed by atoms with E-state index in [-0.39, 0.29) is 18.6 Å². The van der Waals surface area contributed by atoms with E-state index in [2.05, 4.69) is 16.9 Å². The molecule has 5 nitrogen and oxygen atoms in total. The highest BCUT2D eigenvalue weighted by molar-refractivity contribution is 5.97. The minimum atomic E-state index is -0.449. The third kappa shape index (κ3) is 2.28. The van der Waals surface area contributed by atoms with Crippen LogP contribution in [-0.2, 0) is 4.79 Å². The van der Waals surface area contributed by atoms with Gasteiger partial charge in [0.2, 0.25) is 5.88 Å². The highest BCUT2D eigenvalue weighted by Gasteiger charge is 2.34. The summed E-state index contributed by atoms with van der Waals surface area (Å²) >= 11 is 0. The van der Waals surface area contributed by atoms with Gasteiger partial charge in [0.1, 0.15) is 11.5 Å². The third-order valence-electron chi connectivity index (χ3n) is 3.71. The zero-order valence-corrected chi connectivity index (χ0v) is 10.8. The fraction of sp³-hybridized carbons (Fsp3) is 0.538. The summed E-state index contributed by atoms with van der Waals surface area (Å²) in [5.74, 6) is -0.218. The van der Waals surface area contributed by atoms with Crippen LogP contribution in [0.2, 0.25) is 0 Å². The number of rotatable bonds is 1. The molecular formula is C13H16FN3O2. The van der Waals surface area contributed by atoms with E-state index in [1.54, 1.807) is 4.90 Å². The van der Waals surface area contributed by atoms with E-state index in [0.29, 0.717) is 11.6 Å². The standard InChI is InChI=1S/C13H16FN3O2/c1-16-4-2-10(3-5-16)17-11-6-9(14)7-15-13(11)19-8-12(17)18/h6-7,10H,2-5,8H2,1H3. The van der Waals surface area contributed by atoms with Gasteiger partial charge in [0, 0.05) is 12.1 Å². The quantitative estimate of drug-likeness (QED) is 0.761. The van der Waals surface area contributed by atoms with Gasteiger partial charge in [-0.05, 0) is 33.0 Å². The van der Waals surface area contributed by atoms with Crippen molar-refractivity contribution in [3.05, 3.63) is 18.1 Å². The van der Waals surface area contributed by atoms with E-state index in [4.69, 9.17) is 4.74 Å². The number of hydrogen-bond acceptors (Lipinski definition) is 4. The van der Waals surface area contributed by atoms with Crippen molar-refractivity contribution < 1.29 is 13.9 Å². The Kier molecular flexibility index (Phi) is 3.10. The summed E-state index contributed by atoms with van der Waals surface area (Å²) in [7, 11) is 2.06. The maximum Gasteiger partial charge on any atom is 0.265 e. The molecule has 0 saturated carbocycles. The number of hydrogen-bond donors (Lipinski definition) is 0. The predicted octanol–water partition coefficient (Wildman–Crippen LogP) is 1.04. The highest BCUT2D eigenvalue weighted by atomic mass is 19.1. The average molecular weight is 265 g/mol. The Morgan fingerprint density at radius 3 is 2.89 bits per heavy atom. The molecule has 0 unspecified atom stereocenters. The Hall–Kier alpha value is -1.69. The number of halogens is 1. The number of nitrogens with zero attached hydrogens (tertiary/aromatic N) is 3. The monoisotopic (exact) mass is 265 g/mol. The van der Waals surface area contributed by atoms with Crippen LogP contribution in [0.5, 0.6) is 5.88 Å². The lowest BCUT2D eigenvalue weighted by Gasteiger charge is -2.39. The fourth-order valence-corrected chi connectivity index (χ4v) is 2.69. The van der Waals surface area contributed by atoms with E-state index >= 15 is 0 Å². The summed E-state index contributed by atoms with van der Waals surface area (Å²) in [6.07, 6.45) is 2.89. The molecular weight excluding hydrogens is 249 g/mol. The van der Waals surface area contributed by atoms with Gasteiger partial charge in [-0.1, -0.05) is 0 Å². The van der Waals surface area contributed by atoms with Gasteiger partial charge in [-0.2, -0.15) is 0 Å². The molecule has 0 N–H and O–H groups in total. The lowest BCUT2D eigenvalue weighted by atomic mass is 10.0. The molecule has 1 aromatic heterocycles. The van der Waals surface area contributed by atoms with Crippen molar-refractivity contribution in [2.45, 2.75) is 18.9 Å². The van der Waals surface area contributed by atoms with E-state index < -0.39 is 5.82 Å². The van der Waals surface area contributed by atoms with E-state index in [0.717, 1.165) is 32.1 Å². The first-order valence-corrected chi connectivity index (χ1v) is 6.44. The maximum atomic E-state index is 13.4. The van der Waals surface area contributed by atoms with Crippen molar-refractivity contribution in [2.24, 2.45) is 0 Å². The molecule has 0 aliphatic carbocycles. The summed E-state index contributed by atoms with van der Waals surface area (Å²) in [5.41, 5.74) is 0.464. The summed E-state index contributed by atoms with van der Waals surface area (Å²) < 4.78 is 18.6. The van der Waals surface area contributed by atoms with Crippen LogP contribution in [0.1, 0.15) is 12.8 Å². The zero-order chi connectivity index (χ0) is 13.4. The summed E-state index contributed by atoms with van der Waals surface area (Å²) in [6.45, 7) is 1.86. The number of ether oxygens (including phenoxy) is 1. The Labute approximate surface area is 111 Å². The molecule has 0 radical (unpaired) electrons. The van der Waals surface area contributed by atoms with Crippen LogP contribution < -0.4 is 9.64 Å². The van der Waals surface area contributed by atoms with E-state index in [1.807, 2.05) is 0 Å². The first-order chi connectivity index (χ1) is 9.15. The van der Waals surface area contributed by atoms with Gasteiger partial charge >= 0.3 is 0 Å². The van der Waals surface area contributed by atoms with Crippen LogP contribution in [0.25, 0.3) is 0 Å². The Morgan fingerprint density at radius 1 is 1.42 bits per heavy atom. The van der Waals surface area contributed by atoms with E-state index in [1.165, 1.54) is 6.07 Å². The number of carbonyl (C=O) groups excluding carboxylic acids is 1. The molecule has 0 bridgehead atoms. The Bertz CT molecular complexity index is 501. The van der Waals surface area contributed by atoms with Gasteiger partial charge in [-0.15, -0.1) is 0 Å². The second-order valence-electron chi connectivity index (χ2n) is 5.06. The van der Waals surface area contributed by atoms with Gasteiger partial charge < -0.3 is 14.5 Å². The number of carbonyl (C=O) groups is 1. The molecule has 3 heterocycles. The van der Waals surface area contributed by atoms with Crippen LogP contribution in [0.15, 0.2) is 12.3 Å². The van der Waals surface area contributed by atoms with Crippen molar-refractivity contribution in [1.82, 2.24) is 9.88 Å². The smallest absolute Gasteiger partial charge is 0.265 e. The normalized spacial score (nSPS) is 21.2. The molecule has 19 heavy (non-hydrogen) atoms.